The van der Waals surface area contributed by atoms with Crippen LogP contribution in [0.1, 0.15) is 20.8 Å². The van der Waals surface area contributed by atoms with Gasteiger partial charge >= 0.3 is 170 Å². The Hall–Kier alpha value is -2.63. The molecule has 1 unspecified atom stereocenters. The summed E-state index contributed by atoms with van der Waals surface area (Å²) in [5.74, 6) is 1.27. The number of benzene rings is 1. The van der Waals surface area contributed by atoms with Crippen LogP contribution in [0.4, 0.5) is 5.69 Å². The molecule has 4 aromatic rings. The van der Waals surface area contributed by atoms with Crippen LogP contribution < -0.4 is 9.38 Å². The van der Waals surface area contributed by atoms with Crippen molar-refractivity contribution in [2.24, 2.45) is 0 Å². The van der Waals surface area contributed by atoms with Gasteiger partial charge in [0.15, 0.2) is 0 Å². The van der Waals surface area contributed by atoms with Crippen molar-refractivity contribution in [2.75, 3.05) is 31.1 Å². The predicted octanol–water partition coefficient (Wildman–Crippen LogP) is 2.25. The van der Waals surface area contributed by atoms with Gasteiger partial charge < -0.3 is 0 Å². The van der Waals surface area contributed by atoms with E-state index in [1.165, 1.54) is 22.5 Å². The third-order valence-electron chi connectivity index (χ3n) is 5.87. The van der Waals surface area contributed by atoms with Gasteiger partial charge in [0.25, 0.3) is 0 Å². The summed E-state index contributed by atoms with van der Waals surface area (Å²) in [5.41, 5.74) is 4.27. The average molecular weight is 478 g/mol. The zero-order chi connectivity index (χ0) is 21.6. The molecule has 0 bridgehead atoms. The fourth-order valence-electron chi connectivity index (χ4n) is 4.12. The van der Waals surface area contributed by atoms with Crippen molar-refractivity contribution in [3.05, 3.63) is 48.9 Å². The van der Waals surface area contributed by atoms with Crippen LogP contribution in [0.3, 0.4) is 0 Å². The van der Waals surface area contributed by atoms with E-state index in [1.807, 2.05) is 16.8 Å². The van der Waals surface area contributed by atoms with Crippen LogP contribution in [0, 0.1) is 0 Å². The van der Waals surface area contributed by atoms with Gasteiger partial charge in [0, 0.05) is 0 Å². The second-order valence-corrected chi connectivity index (χ2v) is 10.0. The summed E-state index contributed by atoms with van der Waals surface area (Å²) in [5, 5.41) is 4.60. The van der Waals surface area contributed by atoms with Crippen LogP contribution in [0.15, 0.2) is 53.3 Å². The molecule has 1 fully saturated rings. The molecule has 1 aliphatic heterocycles. The molecule has 1 atom stereocenters. The number of fused-ring (bicyclic) bond motifs is 1. The van der Waals surface area contributed by atoms with Gasteiger partial charge in [-0.25, -0.2) is 0 Å². The standard InChI is InChI=1S/C23H27AsN6O/c1-23(2,3)29-12-10-28(11-13-29)16-6-8-17(9-7-16)30-20-18(15-25-30)26-22(27-21(20)24)19-5-4-14-31-19/h4-9,14-15H,10-13,24H2,1-3H3. The molecule has 160 valence electrons. The van der Waals surface area contributed by atoms with Gasteiger partial charge in [0.05, 0.1) is 0 Å². The maximum absolute atomic E-state index is 5.46. The Bertz CT molecular complexity index is 1190. The fourth-order valence-corrected chi connectivity index (χ4v) is 4.94. The van der Waals surface area contributed by atoms with E-state index in [0.29, 0.717) is 11.6 Å². The van der Waals surface area contributed by atoms with Crippen LogP contribution in [0.25, 0.3) is 28.3 Å². The predicted molar refractivity (Wildman–Crippen MR) is 126 cm³/mol. The Morgan fingerprint density at radius 1 is 0.935 bits per heavy atom. The molecular formula is C23H27AsN6O. The summed E-state index contributed by atoms with van der Waals surface area (Å²) in [6.07, 6.45) is 3.43. The minimum absolute atomic E-state index is 0.231. The third kappa shape index (κ3) is 3.88. The van der Waals surface area contributed by atoms with Crippen molar-refractivity contribution in [1.82, 2.24) is 24.6 Å². The third-order valence-corrected chi connectivity index (χ3v) is 6.72. The number of furan rings is 1. The Kier molecular flexibility index (Phi) is 5.11. The second kappa shape index (κ2) is 7.81. The van der Waals surface area contributed by atoms with E-state index in [4.69, 9.17) is 4.42 Å². The summed E-state index contributed by atoms with van der Waals surface area (Å²) >= 11 is 1.45. The van der Waals surface area contributed by atoms with Crippen molar-refractivity contribution in [3.63, 3.8) is 0 Å². The first kappa shape index (κ1) is 20.3. The number of piperazine rings is 1. The molecule has 0 radical (unpaired) electrons. The van der Waals surface area contributed by atoms with E-state index in [-0.39, 0.29) is 5.54 Å². The number of hydrogen-bond donors (Lipinski definition) is 0. The topological polar surface area (TPSA) is 63.2 Å². The van der Waals surface area contributed by atoms with Gasteiger partial charge in [-0.2, -0.15) is 0 Å². The number of nitrogens with zero attached hydrogens (tertiary/aromatic N) is 6. The number of aromatic nitrogens is 4. The molecule has 1 saturated heterocycles. The van der Waals surface area contributed by atoms with Crippen molar-refractivity contribution >= 4 is 38.1 Å². The number of rotatable bonds is 3. The summed E-state index contributed by atoms with van der Waals surface area (Å²) < 4.78 is 8.32. The van der Waals surface area contributed by atoms with Crippen molar-refractivity contribution < 1.29 is 4.42 Å². The van der Waals surface area contributed by atoms with Crippen molar-refractivity contribution in [1.29, 1.82) is 0 Å². The summed E-state index contributed by atoms with van der Waals surface area (Å²) in [6.45, 7) is 11.1. The van der Waals surface area contributed by atoms with Crippen LogP contribution in [0.2, 0.25) is 0 Å². The maximum atomic E-state index is 5.46. The Labute approximate surface area is 190 Å². The van der Waals surface area contributed by atoms with E-state index in [9.17, 15) is 0 Å². The molecule has 1 aliphatic rings. The first-order valence-corrected chi connectivity index (χ1v) is 11.8. The monoisotopic (exact) mass is 478 g/mol. The van der Waals surface area contributed by atoms with Crippen molar-refractivity contribution in [3.8, 4) is 17.3 Å². The van der Waals surface area contributed by atoms with Crippen LogP contribution in [0.5, 0.6) is 0 Å². The van der Waals surface area contributed by atoms with Gasteiger partial charge in [0.1, 0.15) is 0 Å². The fraction of sp³-hybridized carbons (Fsp3) is 0.348. The van der Waals surface area contributed by atoms with Gasteiger partial charge in [-0.05, 0) is 20.8 Å². The minimum atomic E-state index is 0.231. The number of anilines is 1. The average Bonchev–Trinajstić information content (AvgIpc) is 3.44. The quantitative estimate of drug-likeness (QED) is 0.421. The molecule has 5 rings (SSSR count). The van der Waals surface area contributed by atoms with E-state index in [1.54, 1.807) is 12.5 Å². The van der Waals surface area contributed by atoms with Crippen LogP contribution in [-0.4, -0.2) is 73.2 Å². The first-order valence-electron chi connectivity index (χ1n) is 10.6. The molecule has 8 heteroatoms. The molecule has 31 heavy (non-hydrogen) atoms. The second-order valence-electron chi connectivity index (χ2n) is 8.86. The molecule has 7 nitrogen and oxygen atoms in total. The molecular weight excluding hydrogens is 451 g/mol. The van der Waals surface area contributed by atoms with Gasteiger partial charge in [0.2, 0.25) is 0 Å². The summed E-state index contributed by atoms with van der Waals surface area (Å²) in [4.78, 5) is 14.3. The molecule has 0 aliphatic carbocycles. The molecule has 0 N–H and O–H groups in total. The molecule has 0 spiro atoms. The summed E-state index contributed by atoms with van der Waals surface area (Å²) in [6, 6.07) is 12.4. The van der Waals surface area contributed by atoms with E-state index >= 15 is 0 Å². The van der Waals surface area contributed by atoms with E-state index in [2.05, 4.69) is 69.9 Å². The molecule has 0 amide bonds. The number of hydrogen-bond acceptors (Lipinski definition) is 6. The molecule has 0 saturated carbocycles. The van der Waals surface area contributed by atoms with E-state index < -0.39 is 0 Å². The van der Waals surface area contributed by atoms with Crippen molar-refractivity contribution in [2.45, 2.75) is 26.3 Å². The van der Waals surface area contributed by atoms with Gasteiger partial charge in [-0.1, -0.05) is 0 Å². The zero-order valence-corrected chi connectivity index (χ0v) is 20.5. The Morgan fingerprint density at radius 2 is 1.65 bits per heavy atom. The Balaban J connectivity index is 1.39. The summed E-state index contributed by atoms with van der Waals surface area (Å²) in [7, 11) is 0. The van der Waals surface area contributed by atoms with Crippen LogP contribution in [-0.2, 0) is 0 Å². The SMILES string of the molecule is CC(C)(C)N1CCN(c2ccc(-n3ncc4nc(-c5ccco5)nc([AsH2])c43)cc2)CC1. The van der Waals surface area contributed by atoms with Gasteiger partial charge in [-0.15, -0.1) is 0 Å². The normalized spacial score (nSPS) is 15.7. The molecule has 4 heterocycles. The first-order chi connectivity index (χ1) is 14.9. The van der Waals surface area contributed by atoms with E-state index in [0.717, 1.165) is 47.4 Å². The Morgan fingerprint density at radius 3 is 2.29 bits per heavy atom. The molecule has 3 aromatic heterocycles. The van der Waals surface area contributed by atoms with Crippen LogP contribution >= 0.6 is 0 Å². The zero-order valence-electron chi connectivity index (χ0n) is 18.1. The molecule has 1 aromatic carbocycles. The van der Waals surface area contributed by atoms with Gasteiger partial charge in [-0.3, -0.25) is 0 Å².